The molecule has 2 aromatic rings. The van der Waals surface area contributed by atoms with Crippen molar-refractivity contribution >= 4 is 34.8 Å². The highest BCUT2D eigenvalue weighted by atomic mass is 35.5. The van der Waals surface area contributed by atoms with Crippen molar-refractivity contribution in [3.63, 3.8) is 0 Å². The topological polar surface area (TPSA) is 61.4 Å². The summed E-state index contributed by atoms with van der Waals surface area (Å²) in [5.41, 5.74) is 1.74. The Bertz CT molecular complexity index is 801. The molecule has 0 spiro atoms. The summed E-state index contributed by atoms with van der Waals surface area (Å²) in [4.78, 5) is 27.1. The molecule has 136 valence electrons. The van der Waals surface area contributed by atoms with E-state index in [0.29, 0.717) is 22.0 Å². The van der Waals surface area contributed by atoms with Crippen LogP contribution in [0.3, 0.4) is 0 Å². The molecule has 0 unspecified atom stereocenters. The van der Waals surface area contributed by atoms with Crippen LogP contribution in [0.2, 0.25) is 5.02 Å². The van der Waals surface area contributed by atoms with E-state index in [4.69, 9.17) is 11.6 Å². The van der Waals surface area contributed by atoms with Crippen LogP contribution >= 0.6 is 11.6 Å². The Morgan fingerprint density at radius 1 is 1.04 bits per heavy atom. The second-order valence-electron chi connectivity index (χ2n) is 6.58. The maximum absolute atomic E-state index is 12.7. The van der Waals surface area contributed by atoms with Gasteiger partial charge < -0.3 is 15.5 Å². The van der Waals surface area contributed by atoms with Gasteiger partial charge in [0, 0.05) is 17.2 Å². The van der Waals surface area contributed by atoms with E-state index < -0.39 is 6.03 Å². The molecule has 1 heterocycles. The molecule has 0 aromatic heterocycles. The first kappa shape index (κ1) is 18.4. The van der Waals surface area contributed by atoms with Crippen molar-refractivity contribution in [1.82, 2.24) is 4.90 Å². The number of para-hydroxylation sites is 1. The van der Waals surface area contributed by atoms with Crippen LogP contribution in [0.15, 0.2) is 48.5 Å². The predicted octanol–water partition coefficient (Wildman–Crippen LogP) is 4.51. The SMILES string of the molecule is CN1CCC(C(=O)c2cccc(NC(=O)Nc3ccccc3Cl)c2)CC1. The zero-order chi connectivity index (χ0) is 18.5. The lowest BCUT2D eigenvalue weighted by atomic mass is 9.89. The molecule has 0 aliphatic carbocycles. The van der Waals surface area contributed by atoms with E-state index in [1.807, 2.05) is 0 Å². The summed E-state index contributed by atoms with van der Waals surface area (Å²) >= 11 is 6.04. The quantitative estimate of drug-likeness (QED) is 0.777. The van der Waals surface area contributed by atoms with Crippen molar-refractivity contribution in [2.24, 2.45) is 5.92 Å². The number of amides is 2. The molecule has 2 amide bonds. The van der Waals surface area contributed by atoms with Crippen molar-refractivity contribution in [3.05, 3.63) is 59.1 Å². The van der Waals surface area contributed by atoms with Gasteiger partial charge in [0.25, 0.3) is 0 Å². The molecule has 0 saturated carbocycles. The minimum absolute atomic E-state index is 0.0541. The van der Waals surface area contributed by atoms with Crippen molar-refractivity contribution in [2.75, 3.05) is 30.8 Å². The molecule has 3 rings (SSSR count). The van der Waals surface area contributed by atoms with Crippen LogP contribution in [0.25, 0.3) is 0 Å². The minimum atomic E-state index is -0.401. The summed E-state index contributed by atoms with van der Waals surface area (Å²) in [5, 5.41) is 5.92. The average Bonchev–Trinajstić information content (AvgIpc) is 2.64. The Balaban J connectivity index is 1.64. The van der Waals surface area contributed by atoms with E-state index in [2.05, 4.69) is 22.6 Å². The third kappa shape index (κ3) is 4.62. The number of hydrogen-bond acceptors (Lipinski definition) is 3. The lowest BCUT2D eigenvalue weighted by Crippen LogP contribution is -2.33. The molecule has 1 fully saturated rings. The second-order valence-corrected chi connectivity index (χ2v) is 6.99. The molecule has 6 heteroatoms. The zero-order valence-electron chi connectivity index (χ0n) is 14.7. The molecule has 2 aromatic carbocycles. The van der Waals surface area contributed by atoms with Crippen LogP contribution in [-0.2, 0) is 0 Å². The Kier molecular flexibility index (Phi) is 5.91. The Morgan fingerprint density at radius 3 is 2.50 bits per heavy atom. The molecule has 5 nitrogen and oxygen atoms in total. The van der Waals surface area contributed by atoms with Gasteiger partial charge in [-0.15, -0.1) is 0 Å². The molecule has 2 N–H and O–H groups in total. The van der Waals surface area contributed by atoms with Crippen LogP contribution in [0, 0.1) is 5.92 Å². The molecule has 26 heavy (non-hydrogen) atoms. The number of carbonyl (C=O) groups is 2. The van der Waals surface area contributed by atoms with Gasteiger partial charge in [-0.3, -0.25) is 4.79 Å². The van der Waals surface area contributed by atoms with Gasteiger partial charge in [-0.05, 0) is 57.2 Å². The van der Waals surface area contributed by atoms with Gasteiger partial charge in [0.2, 0.25) is 0 Å². The maximum Gasteiger partial charge on any atom is 0.323 e. The van der Waals surface area contributed by atoms with E-state index in [0.717, 1.165) is 25.9 Å². The predicted molar refractivity (Wildman–Crippen MR) is 105 cm³/mol. The minimum Gasteiger partial charge on any atom is -0.308 e. The molecule has 0 bridgehead atoms. The number of nitrogens with one attached hydrogen (secondary N) is 2. The van der Waals surface area contributed by atoms with Gasteiger partial charge in [0.05, 0.1) is 10.7 Å². The number of carbonyl (C=O) groups excluding carboxylic acids is 2. The first-order chi connectivity index (χ1) is 12.5. The standard InChI is InChI=1S/C20H22ClN3O2/c1-24-11-9-14(10-12-24)19(25)15-5-4-6-16(13-15)22-20(26)23-18-8-3-2-7-17(18)21/h2-8,13-14H,9-12H2,1H3,(H2,22,23,26). The third-order valence-electron chi connectivity index (χ3n) is 4.62. The number of rotatable bonds is 4. The highest BCUT2D eigenvalue weighted by molar-refractivity contribution is 6.33. The average molecular weight is 372 g/mol. The molecule has 1 aliphatic rings. The Labute approximate surface area is 158 Å². The van der Waals surface area contributed by atoms with Crippen molar-refractivity contribution in [1.29, 1.82) is 0 Å². The number of piperidine rings is 1. The first-order valence-electron chi connectivity index (χ1n) is 8.68. The van der Waals surface area contributed by atoms with Crippen LogP contribution in [-0.4, -0.2) is 36.9 Å². The van der Waals surface area contributed by atoms with E-state index in [1.54, 1.807) is 48.5 Å². The van der Waals surface area contributed by atoms with E-state index in [-0.39, 0.29) is 11.7 Å². The van der Waals surface area contributed by atoms with Crippen LogP contribution < -0.4 is 10.6 Å². The normalized spacial score (nSPS) is 15.5. The lowest BCUT2D eigenvalue weighted by Gasteiger charge is -2.28. The van der Waals surface area contributed by atoms with Gasteiger partial charge in [0.15, 0.2) is 5.78 Å². The number of anilines is 2. The molecule has 0 atom stereocenters. The van der Waals surface area contributed by atoms with Gasteiger partial charge in [-0.2, -0.15) is 0 Å². The third-order valence-corrected chi connectivity index (χ3v) is 4.95. The Hall–Kier alpha value is -2.37. The number of hydrogen-bond donors (Lipinski definition) is 2. The van der Waals surface area contributed by atoms with E-state index >= 15 is 0 Å². The van der Waals surface area contributed by atoms with Gasteiger partial charge in [-0.1, -0.05) is 35.9 Å². The summed E-state index contributed by atoms with van der Waals surface area (Å²) in [5.74, 6) is 0.201. The number of Topliss-reactive ketones (excluding diaryl/α,β-unsaturated/α-hetero) is 1. The van der Waals surface area contributed by atoms with Crippen LogP contribution in [0.5, 0.6) is 0 Å². The number of ketones is 1. The van der Waals surface area contributed by atoms with Gasteiger partial charge in [-0.25, -0.2) is 4.79 Å². The number of halogens is 1. The summed E-state index contributed by atoms with van der Waals surface area (Å²) < 4.78 is 0. The largest absolute Gasteiger partial charge is 0.323 e. The summed E-state index contributed by atoms with van der Waals surface area (Å²) in [6.45, 7) is 1.88. The fourth-order valence-corrected chi connectivity index (χ4v) is 3.29. The molecular weight excluding hydrogens is 350 g/mol. The van der Waals surface area contributed by atoms with E-state index in [1.165, 1.54) is 0 Å². The molecular formula is C20H22ClN3O2. The van der Waals surface area contributed by atoms with Crippen molar-refractivity contribution in [2.45, 2.75) is 12.8 Å². The van der Waals surface area contributed by atoms with Crippen LogP contribution in [0.1, 0.15) is 23.2 Å². The molecule has 1 saturated heterocycles. The zero-order valence-corrected chi connectivity index (χ0v) is 15.4. The fraction of sp³-hybridized carbons (Fsp3) is 0.300. The monoisotopic (exact) mass is 371 g/mol. The maximum atomic E-state index is 12.7. The van der Waals surface area contributed by atoms with E-state index in [9.17, 15) is 9.59 Å². The smallest absolute Gasteiger partial charge is 0.308 e. The molecule has 0 radical (unpaired) electrons. The van der Waals surface area contributed by atoms with Gasteiger partial charge in [0.1, 0.15) is 0 Å². The lowest BCUT2D eigenvalue weighted by molar-refractivity contribution is 0.0857. The second kappa shape index (κ2) is 8.34. The van der Waals surface area contributed by atoms with Crippen molar-refractivity contribution in [3.8, 4) is 0 Å². The number of nitrogens with zero attached hydrogens (tertiary/aromatic N) is 1. The van der Waals surface area contributed by atoms with Crippen molar-refractivity contribution < 1.29 is 9.59 Å². The summed E-state index contributed by atoms with van der Waals surface area (Å²) in [6, 6.07) is 13.7. The number of likely N-dealkylation sites (tertiary alicyclic amines) is 1. The fourth-order valence-electron chi connectivity index (χ4n) is 3.10. The first-order valence-corrected chi connectivity index (χ1v) is 9.06. The number of urea groups is 1. The van der Waals surface area contributed by atoms with Gasteiger partial charge >= 0.3 is 6.03 Å². The van der Waals surface area contributed by atoms with Crippen LogP contribution in [0.4, 0.5) is 16.2 Å². The highest BCUT2D eigenvalue weighted by Gasteiger charge is 2.24. The highest BCUT2D eigenvalue weighted by Crippen LogP contribution is 2.23. The summed E-state index contributed by atoms with van der Waals surface area (Å²) in [7, 11) is 2.07. The molecule has 1 aliphatic heterocycles. The number of benzene rings is 2. The Morgan fingerprint density at radius 2 is 1.77 bits per heavy atom. The summed E-state index contributed by atoms with van der Waals surface area (Å²) in [6.07, 6.45) is 1.75.